The minimum atomic E-state index is -0.555. The normalized spacial score (nSPS) is 10.3. The predicted octanol–water partition coefficient (Wildman–Crippen LogP) is 2.19. The molecule has 0 saturated carbocycles. The lowest BCUT2D eigenvalue weighted by Gasteiger charge is -1.95. The molecular formula is C9H5BrFN3O. The Morgan fingerprint density at radius 2 is 2.27 bits per heavy atom. The second-order valence-electron chi connectivity index (χ2n) is 2.77. The number of nitrogens with one attached hydrogen (secondary N) is 1. The van der Waals surface area contributed by atoms with Gasteiger partial charge in [-0.05, 0) is 28.1 Å². The summed E-state index contributed by atoms with van der Waals surface area (Å²) in [5.41, 5.74) is 1.16. The molecule has 2 heterocycles. The van der Waals surface area contributed by atoms with Crippen LogP contribution >= 0.6 is 15.9 Å². The zero-order valence-corrected chi connectivity index (χ0v) is 8.95. The molecule has 0 aliphatic heterocycles. The molecule has 0 fully saturated rings. The van der Waals surface area contributed by atoms with Gasteiger partial charge in [0.25, 0.3) is 0 Å². The van der Waals surface area contributed by atoms with Crippen LogP contribution in [0.15, 0.2) is 22.9 Å². The molecule has 1 N–H and O–H groups in total. The molecule has 2 aromatic heterocycles. The summed E-state index contributed by atoms with van der Waals surface area (Å²) in [5.74, 6) is -0.345. The van der Waals surface area contributed by atoms with Gasteiger partial charge in [-0.25, -0.2) is 9.97 Å². The molecule has 76 valence electrons. The Labute approximate surface area is 92.7 Å². The van der Waals surface area contributed by atoms with Crippen molar-refractivity contribution in [2.75, 3.05) is 0 Å². The Morgan fingerprint density at radius 3 is 2.80 bits per heavy atom. The van der Waals surface area contributed by atoms with E-state index in [9.17, 15) is 9.18 Å². The molecule has 0 bridgehead atoms. The van der Waals surface area contributed by atoms with E-state index in [1.54, 1.807) is 0 Å². The van der Waals surface area contributed by atoms with Crippen LogP contribution in [0.5, 0.6) is 0 Å². The van der Waals surface area contributed by atoms with Gasteiger partial charge in [-0.2, -0.15) is 4.39 Å². The van der Waals surface area contributed by atoms with Crippen LogP contribution in [0.3, 0.4) is 0 Å². The van der Waals surface area contributed by atoms with E-state index in [-0.39, 0.29) is 5.82 Å². The van der Waals surface area contributed by atoms with Crippen molar-refractivity contribution in [1.29, 1.82) is 0 Å². The highest BCUT2D eigenvalue weighted by atomic mass is 79.9. The standard InChI is InChI=1S/C9H5BrFN3O/c10-9-8(13-7(4-15)14-9)5-1-2-6(11)12-3-5/h1-4H,(H,13,14). The highest BCUT2D eigenvalue weighted by molar-refractivity contribution is 9.10. The second-order valence-corrected chi connectivity index (χ2v) is 3.57. The van der Waals surface area contributed by atoms with Gasteiger partial charge in [0.15, 0.2) is 12.1 Å². The number of hydrogen-bond donors (Lipinski definition) is 1. The number of aromatic amines is 1. The summed E-state index contributed by atoms with van der Waals surface area (Å²) in [6, 6.07) is 2.77. The van der Waals surface area contributed by atoms with Crippen LogP contribution in [0, 0.1) is 5.95 Å². The van der Waals surface area contributed by atoms with Gasteiger partial charge in [0, 0.05) is 11.8 Å². The fourth-order valence-electron chi connectivity index (χ4n) is 1.13. The SMILES string of the molecule is O=Cc1nc(-c2ccc(F)nc2)c(Br)[nH]1. The molecule has 0 saturated heterocycles. The van der Waals surface area contributed by atoms with Crippen LogP contribution in [0.25, 0.3) is 11.3 Å². The first-order chi connectivity index (χ1) is 7.20. The van der Waals surface area contributed by atoms with E-state index in [0.717, 1.165) is 0 Å². The van der Waals surface area contributed by atoms with Crippen molar-refractivity contribution in [3.05, 3.63) is 34.7 Å². The third-order valence-corrected chi connectivity index (χ3v) is 2.36. The Hall–Kier alpha value is -1.56. The molecule has 0 atom stereocenters. The Balaban J connectivity index is 2.48. The third-order valence-electron chi connectivity index (χ3n) is 1.79. The van der Waals surface area contributed by atoms with Gasteiger partial charge < -0.3 is 4.98 Å². The van der Waals surface area contributed by atoms with Crippen molar-refractivity contribution in [3.63, 3.8) is 0 Å². The van der Waals surface area contributed by atoms with Crippen LogP contribution in [-0.2, 0) is 0 Å². The fourth-order valence-corrected chi connectivity index (χ4v) is 1.65. The molecule has 0 spiro atoms. The zero-order valence-electron chi connectivity index (χ0n) is 7.37. The number of carbonyl (C=O) groups is 1. The average molecular weight is 270 g/mol. The molecule has 2 rings (SSSR count). The van der Waals surface area contributed by atoms with Gasteiger partial charge in [0.05, 0.1) is 0 Å². The molecule has 0 radical (unpaired) electrons. The maximum atomic E-state index is 12.6. The Bertz CT molecular complexity index is 495. The van der Waals surface area contributed by atoms with E-state index in [2.05, 4.69) is 30.9 Å². The summed E-state index contributed by atoms with van der Waals surface area (Å²) < 4.78 is 13.1. The molecule has 0 amide bonds. The number of aromatic nitrogens is 3. The quantitative estimate of drug-likeness (QED) is 0.672. The summed E-state index contributed by atoms with van der Waals surface area (Å²) in [6.07, 6.45) is 1.95. The number of imidazole rings is 1. The summed E-state index contributed by atoms with van der Waals surface area (Å²) >= 11 is 3.21. The van der Waals surface area contributed by atoms with Crippen LogP contribution in [0.1, 0.15) is 10.6 Å². The van der Waals surface area contributed by atoms with Gasteiger partial charge in [-0.1, -0.05) is 0 Å². The monoisotopic (exact) mass is 269 g/mol. The molecule has 0 unspecified atom stereocenters. The van der Waals surface area contributed by atoms with Crippen molar-refractivity contribution < 1.29 is 9.18 Å². The molecule has 0 aliphatic carbocycles. The van der Waals surface area contributed by atoms with Crippen LogP contribution in [0.2, 0.25) is 0 Å². The number of halogens is 2. The summed E-state index contributed by atoms with van der Waals surface area (Å²) in [7, 11) is 0. The van der Waals surface area contributed by atoms with Gasteiger partial charge >= 0.3 is 0 Å². The zero-order chi connectivity index (χ0) is 10.8. The summed E-state index contributed by atoms with van der Waals surface area (Å²) in [5, 5.41) is 0. The van der Waals surface area contributed by atoms with Gasteiger partial charge in [-0.3, -0.25) is 4.79 Å². The topological polar surface area (TPSA) is 58.6 Å². The maximum Gasteiger partial charge on any atom is 0.212 e. The number of H-pyrrole nitrogens is 1. The highest BCUT2D eigenvalue weighted by Gasteiger charge is 2.09. The molecule has 0 aromatic carbocycles. The van der Waals surface area contributed by atoms with Gasteiger partial charge in [-0.15, -0.1) is 0 Å². The van der Waals surface area contributed by atoms with E-state index in [1.165, 1.54) is 18.3 Å². The van der Waals surface area contributed by atoms with Crippen molar-refractivity contribution in [3.8, 4) is 11.3 Å². The van der Waals surface area contributed by atoms with E-state index < -0.39 is 5.95 Å². The van der Waals surface area contributed by atoms with Crippen molar-refractivity contribution in [2.45, 2.75) is 0 Å². The molecule has 2 aromatic rings. The van der Waals surface area contributed by atoms with E-state index >= 15 is 0 Å². The second kappa shape index (κ2) is 3.90. The lowest BCUT2D eigenvalue weighted by molar-refractivity contribution is 0.111. The van der Waals surface area contributed by atoms with E-state index in [0.29, 0.717) is 22.1 Å². The predicted molar refractivity (Wildman–Crippen MR) is 54.9 cm³/mol. The lowest BCUT2D eigenvalue weighted by atomic mass is 10.2. The van der Waals surface area contributed by atoms with Gasteiger partial charge in [0.1, 0.15) is 10.3 Å². The summed E-state index contributed by atoms with van der Waals surface area (Å²) in [6.45, 7) is 0. The molecule has 4 nitrogen and oxygen atoms in total. The number of rotatable bonds is 2. The fraction of sp³-hybridized carbons (Fsp3) is 0. The summed E-state index contributed by atoms with van der Waals surface area (Å²) in [4.78, 5) is 20.7. The molecule has 6 heteroatoms. The number of aldehydes is 1. The first-order valence-corrected chi connectivity index (χ1v) is 4.82. The van der Waals surface area contributed by atoms with Crippen molar-refractivity contribution >= 4 is 22.2 Å². The minimum absolute atomic E-state index is 0.209. The Morgan fingerprint density at radius 1 is 1.47 bits per heavy atom. The lowest BCUT2D eigenvalue weighted by Crippen LogP contribution is -1.85. The van der Waals surface area contributed by atoms with Gasteiger partial charge in [0.2, 0.25) is 5.95 Å². The van der Waals surface area contributed by atoms with E-state index in [4.69, 9.17) is 0 Å². The largest absolute Gasteiger partial charge is 0.330 e. The Kier molecular flexibility index (Phi) is 2.59. The number of pyridine rings is 1. The van der Waals surface area contributed by atoms with Crippen LogP contribution < -0.4 is 0 Å². The van der Waals surface area contributed by atoms with Crippen molar-refractivity contribution in [2.24, 2.45) is 0 Å². The first kappa shape index (κ1) is 9.97. The third kappa shape index (κ3) is 1.94. The maximum absolute atomic E-state index is 12.6. The highest BCUT2D eigenvalue weighted by Crippen LogP contribution is 2.24. The molecular weight excluding hydrogens is 265 g/mol. The number of hydrogen-bond acceptors (Lipinski definition) is 3. The van der Waals surface area contributed by atoms with Crippen LogP contribution in [-0.4, -0.2) is 21.2 Å². The van der Waals surface area contributed by atoms with Crippen molar-refractivity contribution in [1.82, 2.24) is 15.0 Å². The molecule has 15 heavy (non-hydrogen) atoms. The van der Waals surface area contributed by atoms with Crippen LogP contribution in [0.4, 0.5) is 4.39 Å². The number of nitrogens with zero attached hydrogens (tertiary/aromatic N) is 2. The smallest absolute Gasteiger partial charge is 0.212 e. The average Bonchev–Trinajstić information content (AvgIpc) is 2.61. The number of carbonyl (C=O) groups excluding carboxylic acids is 1. The first-order valence-electron chi connectivity index (χ1n) is 4.03. The van der Waals surface area contributed by atoms with E-state index in [1.807, 2.05) is 0 Å². The molecule has 0 aliphatic rings. The minimum Gasteiger partial charge on any atom is -0.330 e.